The van der Waals surface area contributed by atoms with E-state index < -0.39 is 17.9 Å². The number of carboxylic acid groups (broad SMARTS) is 3. The Balaban J connectivity index is 0.000000878. The predicted molar refractivity (Wildman–Crippen MR) is 255 cm³/mol. The lowest BCUT2D eigenvalue weighted by Crippen LogP contribution is -2.18. The van der Waals surface area contributed by atoms with Crippen molar-refractivity contribution < 1.29 is 45.0 Å². The molecule has 0 aromatic heterocycles. The fraction of sp³-hybridized carbons (Fsp3) is 0.588. The van der Waals surface area contributed by atoms with Crippen molar-refractivity contribution in [2.24, 2.45) is 0 Å². The van der Waals surface area contributed by atoms with E-state index in [1.165, 1.54) is 0 Å². The molecule has 61 heavy (non-hydrogen) atoms. The molecule has 3 rings (SSSR count). The molecule has 0 heterocycles. The zero-order valence-corrected chi connectivity index (χ0v) is 42.2. The maximum Gasteiger partial charge on any atom is 0.303 e. The average Bonchev–Trinajstić information content (AvgIpc) is 3.04. The highest BCUT2D eigenvalue weighted by molar-refractivity contribution is 6.92. The Hall–Kier alpha value is -4.10. The van der Waals surface area contributed by atoms with Gasteiger partial charge in [-0.1, -0.05) is 161 Å². The Morgan fingerprint density at radius 3 is 0.574 bits per heavy atom. The molecule has 0 aliphatic carbocycles. The van der Waals surface area contributed by atoms with Crippen molar-refractivity contribution in [3.8, 4) is 17.2 Å². The van der Waals surface area contributed by atoms with Gasteiger partial charge in [0.1, 0.15) is 17.2 Å². The van der Waals surface area contributed by atoms with Crippen molar-refractivity contribution in [3.63, 3.8) is 0 Å². The van der Waals surface area contributed by atoms with Gasteiger partial charge >= 0.3 is 17.9 Å². The second-order valence-electron chi connectivity index (χ2n) is 22.3. The van der Waals surface area contributed by atoms with Crippen LogP contribution in [-0.2, 0) is 66.1 Å². The van der Waals surface area contributed by atoms with Gasteiger partial charge in [-0.15, -0.1) is 0 Å². The average molecular weight is 869 g/mol. The van der Waals surface area contributed by atoms with E-state index in [0.717, 1.165) is 50.1 Å². The molecule has 10 heteroatoms. The van der Waals surface area contributed by atoms with Gasteiger partial charge < -0.3 is 30.6 Å². The van der Waals surface area contributed by atoms with E-state index in [1.807, 2.05) is 36.4 Å². The Labute approximate surface area is 371 Å². The Kier molecular flexibility index (Phi) is 19.9. The van der Waals surface area contributed by atoms with Crippen molar-refractivity contribution in [3.05, 3.63) is 86.5 Å². The zero-order chi connectivity index (χ0) is 47.1. The van der Waals surface area contributed by atoms with Gasteiger partial charge in [0.2, 0.25) is 0 Å². The quantitative estimate of drug-likeness (QED) is 0.114. The smallest absolute Gasteiger partial charge is 0.303 e. The summed E-state index contributed by atoms with van der Waals surface area (Å²) in [7, 11) is 0. The topological polar surface area (TPSA) is 173 Å². The number of aromatic hydroxyl groups is 3. The first-order valence-corrected chi connectivity index (χ1v) is 21.0. The number of carboxylic acids is 3. The second kappa shape index (κ2) is 21.3. The summed E-state index contributed by atoms with van der Waals surface area (Å²) in [5, 5.41) is 58.2. The number of rotatable bonds is 9. The van der Waals surface area contributed by atoms with Crippen LogP contribution in [0.4, 0.5) is 0 Å². The molecule has 1 atom stereocenters. The molecule has 0 saturated heterocycles. The van der Waals surface area contributed by atoms with E-state index in [-0.39, 0.29) is 61.7 Å². The molecule has 9 nitrogen and oxygen atoms in total. The highest BCUT2D eigenvalue weighted by Crippen LogP contribution is 2.42. The summed E-state index contributed by atoms with van der Waals surface area (Å²) in [6.07, 6.45) is 1.79. The summed E-state index contributed by atoms with van der Waals surface area (Å²) < 4.78 is 0. The summed E-state index contributed by atoms with van der Waals surface area (Å²) >= 11 is 0. The highest BCUT2D eigenvalue weighted by atomic mass is 31.0. The third-order valence-corrected chi connectivity index (χ3v) is 10.2. The van der Waals surface area contributed by atoms with Crippen LogP contribution in [-0.4, -0.2) is 48.5 Å². The summed E-state index contributed by atoms with van der Waals surface area (Å²) in [6.45, 7) is 36.9. The van der Waals surface area contributed by atoms with E-state index >= 15 is 0 Å². The van der Waals surface area contributed by atoms with Crippen LogP contribution in [0.15, 0.2) is 36.4 Å². The molecular formula is C51H81O9P. The predicted octanol–water partition coefficient (Wildman–Crippen LogP) is 12.1. The van der Waals surface area contributed by atoms with Gasteiger partial charge in [-0.05, 0) is 102 Å². The molecular weight excluding hydrogens is 788 g/mol. The van der Waals surface area contributed by atoms with Crippen LogP contribution in [0.1, 0.15) is 194 Å². The molecule has 0 aliphatic heterocycles. The second-order valence-corrected chi connectivity index (χ2v) is 22.3. The molecule has 6 N–H and O–H groups in total. The number of benzene rings is 3. The highest BCUT2D eigenvalue weighted by Gasteiger charge is 2.29. The van der Waals surface area contributed by atoms with E-state index in [1.54, 1.807) is 0 Å². The first-order valence-electron chi connectivity index (χ1n) is 21.0. The van der Waals surface area contributed by atoms with Gasteiger partial charge in [-0.2, -0.15) is 9.90 Å². The SMILES string of the molecule is CC(C)(C)c1cc(CCC(=O)O)cc(C(C)(C)C)c1O.CC(C)(C)c1cc(CCC(=O)O)cc(C(C)(C)C)c1O.CC(C)(C)c1cc(CCC(=O)O)cc(C(C)(C)C)c1O.P. The number of phenolic OH excluding ortho intramolecular Hbond substituents is 3. The third-order valence-electron chi connectivity index (χ3n) is 10.2. The van der Waals surface area contributed by atoms with Crippen LogP contribution >= 0.6 is 9.90 Å². The van der Waals surface area contributed by atoms with Crippen molar-refractivity contribution in [1.82, 2.24) is 0 Å². The minimum Gasteiger partial charge on any atom is -0.507 e. The van der Waals surface area contributed by atoms with Crippen LogP contribution in [0.25, 0.3) is 0 Å². The maximum absolute atomic E-state index is 10.8. The van der Waals surface area contributed by atoms with Crippen LogP contribution < -0.4 is 0 Å². The molecule has 0 amide bonds. The molecule has 0 bridgehead atoms. The van der Waals surface area contributed by atoms with Gasteiger partial charge in [0.15, 0.2) is 0 Å². The summed E-state index contributed by atoms with van der Waals surface area (Å²) in [6, 6.07) is 11.6. The number of hydrogen-bond donors (Lipinski definition) is 6. The summed E-state index contributed by atoms with van der Waals surface area (Å²) in [4.78, 5) is 32.3. The summed E-state index contributed by atoms with van der Waals surface area (Å²) in [5.41, 5.74) is 7.13. The molecule has 1 unspecified atom stereocenters. The van der Waals surface area contributed by atoms with Crippen LogP contribution in [0, 0.1) is 0 Å². The summed E-state index contributed by atoms with van der Waals surface area (Å²) in [5.74, 6) is -1.38. The molecule has 0 saturated carbocycles. The number of hydrogen-bond acceptors (Lipinski definition) is 6. The monoisotopic (exact) mass is 869 g/mol. The maximum atomic E-state index is 10.8. The molecule has 0 radical (unpaired) electrons. The third kappa shape index (κ3) is 18.0. The van der Waals surface area contributed by atoms with Crippen LogP contribution in [0.5, 0.6) is 17.2 Å². The Morgan fingerprint density at radius 2 is 0.475 bits per heavy atom. The van der Waals surface area contributed by atoms with Gasteiger partial charge in [0.25, 0.3) is 0 Å². The van der Waals surface area contributed by atoms with E-state index in [2.05, 4.69) is 125 Å². The van der Waals surface area contributed by atoms with Crippen molar-refractivity contribution in [2.45, 2.75) is 196 Å². The minimum absolute atomic E-state index is 0. The lowest BCUT2D eigenvalue weighted by Gasteiger charge is -2.28. The first kappa shape index (κ1) is 56.9. The number of carbonyl (C=O) groups is 3. The lowest BCUT2D eigenvalue weighted by atomic mass is 9.78. The fourth-order valence-corrected chi connectivity index (χ4v) is 6.70. The Morgan fingerprint density at radius 1 is 0.344 bits per heavy atom. The van der Waals surface area contributed by atoms with Gasteiger partial charge in [-0.25, -0.2) is 0 Å². The fourth-order valence-electron chi connectivity index (χ4n) is 6.70. The Bertz CT molecular complexity index is 1640. The molecule has 0 fully saturated rings. The van der Waals surface area contributed by atoms with E-state index in [0.29, 0.717) is 36.5 Å². The van der Waals surface area contributed by atoms with Crippen LogP contribution in [0.2, 0.25) is 0 Å². The number of phenols is 3. The normalized spacial score (nSPS) is 12.3. The van der Waals surface area contributed by atoms with Gasteiger partial charge in [-0.3, -0.25) is 14.4 Å². The number of aliphatic carboxylic acids is 3. The molecule has 0 aliphatic rings. The largest absolute Gasteiger partial charge is 0.507 e. The zero-order valence-electron chi connectivity index (χ0n) is 40.8. The molecule has 0 spiro atoms. The van der Waals surface area contributed by atoms with Gasteiger partial charge in [0, 0.05) is 19.3 Å². The minimum atomic E-state index is -0.798. The van der Waals surface area contributed by atoms with Crippen molar-refractivity contribution in [1.29, 1.82) is 0 Å². The molecule has 344 valence electrons. The standard InChI is InChI=1S/3C17H26O3.H3P/c3*1-16(2,3)12-9-11(7-8-14(18)19)10-13(15(12)20)17(4,5)6;/h3*9-10,20H,7-8H2,1-6H3,(H,18,19);1H3. The van der Waals surface area contributed by atoms with Crippen molar-refractivity contribution >= 4 is 27.8 Å². The number of aryl methyl sites for hydroxylation is 3. The van der Waals surface area contributed by atoms with Gasteiger partial charge in [0.05, 0.1) is 0 Å². The van der Waals surface area contributed by atoms with Crippen molar-refractivity contribution in [2.75, 3.05) is 0 Å². The lowest BCUT2D eigenvalue weighted by molar-refractivity contribution is -0.138. The first-order chi connectivity index (χ1) is 26.8. The molecule has 3 aromatic carbocycles. The van der Waals surface area contributed by atoms with E-state index in [9.17, 15) is 29.7 Å². The van der Waals surface area contributed by atoms with E-state index in [4.69, 9.17) is 15.3 Å². The van der Waals surface area contributed by atoms with Crippen LogP contribution in [0.3, 0.4) is 0 Å². The molecule has 3 aromatic rings.